The van der Waals surface area contributed by atoms with Crippen LogP contribution in [0, 0.1) is 6.92 Å². The number of benzene rings is 1. The topological polar surface area (TPSA) is 73.4 Å². The SMILES string of the molecule is CCOC(=O)C[NH+](CCCOC)CC(=O)N(CCc1ccccc1)Cc1ccc(C)o1. The summed E-state index contributed by atoms with van der Waals surface area (Å²) in [7, 11) is 1.65. The monoisotopic (exact) mass is 431 g/mol. The van der Waals surface area contributed by atoms with Crippen molar-refractivity contribution < 1.29 is 28.4 Å². The lowest BCUT2D eigenvalue weighted by molar-refractivity contribution is -0.885. The minimum Gasteiger partial charge on any atom is -0.464 e. The second-order valence-electron chi connectivity index (χ2n) is 7.57. The van der Waals surface area contributed by atoms with E-state index in [9.17, 15) is 9.59 Å². The van der Waals surface area contributed by atoms with Gasteiger partial charge in [-0.25, -0.2) is 4.79 Å². The Labute approximate surface area is 184 Å². The van der Waals surface area contributed by atoms with Crippen LogP contribution in [0.4, 0.5) is 0 Å². The van der Waals surface area contributed by atoms with Crippen LogP contribution in [0.2, 0.25) is 0 Å². The molecule has 170 valence electrons. The van der Waals surface area contributed by atoms with E-state index in [-0.39, 0.29) is 25.0 Å². The van der Waals surface area contributed by atoms with Crippen LogP contribution in [-0.2, 0) is 32.0 Å². The largest absolute Gasteiger partial charge is 0.464 e. The van der Waals surface area contributed by atoms with Crippen LogP contribution in [0.1, 0.15) is 30.4 Å². The smallest absolute Gasteiger partial charge is 0.361 e. The van der Waals surface area contributed by atoms with E-state index in [1.807, 2.05) is 42.2 Å². The molecule has 0 bridgehead atoms. The van der Waals surface area contributed by atoms with Gasteiger partial charge in [0.1, 0.15) is 11.5 Å². The number of ether oxygens (including phenoxy) is 2. The first kappa shape index (κ1) is 24.6. The lowest BCUT2D eigenvalue weighted by Crippen LogP contribution is -3.14. The van der Waals surface area contributed by atoms with Gasteiger partial charge in [0.15, 0.2) is 13.1 Å². The van der Waals surface area contributed by atoms with Gasteiger partial charge in [0.25, 0.3) is 5.91 Å². The third-order valence-electron chi connectivity index (χ3n) is 4.99. The molecule has 2 rings (SSSR count). The first-order valence-electron chi connectivity index (χ1n) is 10.9. The summed E-state index contributed by atoms with van der Waals surface area (Å²) in [5.74, 6) is 1.27. The van der Waals surface area contributed by atoms with Gasteiger partial charge in [0.2, 0.25) is 0 Å². The fraction of sp³-hybridized carbons (Fsp3) is 0.500. The zero-order valence-corrected chi connectivity index (χ0v) is 18.9. The van der Waals surface area contributed by atoms with Crippen molar-refractivity contribution in [3.8, 4) is 0 Å². The minimum atomic E-state index is -0.291. The molecule has 1 N–H and O–H groups in total. The third kappa shape index (κ3) is 9.36. The van der Waals surface area contributed by atoms with Gasteiger partial charge >= 0.3 is 5.97 Å². The number of carbonyl (C=O) groups is 2. The maximum atomic E-state index is 13.2. The molecule has 1 atom stereocenters. The Balaban J connectivity index is 2.06. The lowest BCUT2D eigenvalue weighted by atomic mass is 10.1. The Hall–Kier alpha value is -2.64. The van der Waals surface area contributed by atoms with Crippen molar-refractivity contribution in [2.45, 2.75) is 33.2 Å². The summed E-state index contributed by atoms with van der Waals surface area (Å²) < 4.78 is 15.9. The first-order chi connectivity index (χ1) is 15.0. The molecule has 2 aromatic rings. The molecule has 1 aromatic heterocycles. The van der Waals surface area contributed by atoms with Gasteiger partial charge in [-0.15, -0.1) is 0 Å². The van der Waals surface area contributed by atoms with Crippen LogP contribution in [-0.4, -0.2) is 63.3 Å². The van der Waals surface area contributed by atoms with Crippen molar-refractivity contribution >= 4 is 11.9 Å². The number of furan rings is 1. The molecule has 0 radical (unpaired) electrons. The predicted molar refractivity (Wildman–Crippen MR) is 118 cm³/mol. The Kier molecular flexibility index (Phi) is 10.8. The molecule has 7 heteroatoms. The number of quaternary nitrogens is 1. The Morgan fingerprint density at radius 1 is 1.10 bits per heavy atom. The van der Waals surface area contributed by atoms with E-state index >= 15 is 0 Å². The van der Waals surface area contributed by atoms with E-state index in [4.69, 9.17) is 13.9 Å². The van der Waals surface area contributed by atoms with Gasteiger partial charge in [-0.05, 0) is 38.0 Å². The number of carbonyl (C=O) groups excluding carboxylic acids is 2. The molecular weight excluding hydrogens is 396 g/mol. The van der Waals surface area contributed by atoms with Gasteiger partial charge in [0, 0.05) is 20.1 Å². The number of aryl methyl sites for hydroxylation is 1. The average Bonchev–Trinajstić information content (AvgIpc) is 3.16. The Morgan fingerprint density at radius 2 is 1.87 bits per heavy atom. The maximum Gasteiger partial charge on any atom is 0.361 e. The van der Waals surface area contributed by atoms with Gasteiger partial charge in [-0.2, -0.15) is 0 Å². The fourth-order valence-electron chi connectivity index (χ4n) is 3.41. The molecule has 0 aliphatic carbocycles. The number of amides is 1. The number of hydrogen-bond acceptors (Lipinski definition) is 5. The van der Waals surface area contributed by atoms with Crippen molar-refractivity contribution in [1.82, 2.24) is 4.90 Å². The molecule has 0 fully saturated rings. The van der Waals surface area contributed by atoms with Gasteiger partial charge in [-0.1, -0.05) is 30.3 Å². The highest BCUT2D eigenvalue weighted by molar-refractivity contribution is 5.77. The number of hydrogen-bond donors (Lipinski definition) is 1. The first-order valence-corrected chi connectivity index (χ1v) is 10.9. The Morgan fingerprint density at radius 3 is 2.52 bits per heavy atom. The summed E-state index contributed by atoms with van der Waals surface area (Å²) in [6.07, 6.45) is 1.52. The van der Waals surface area contributed by atoms with Crippen molar-refractivity contribution in [2.24, 2.45) is 0 Å². The van der Waals surface area contributed by atoms with Crippen molar-refractivity contribution in [1.29, 1.82) is 0 Å². The van der Waals surface area contributed by atoms with Gasteiger partial charge < -0.3 is 23.7 Å². The van der Waals surface area contributed by atoms with Crippen LogP contribution in [0.3, 0.4) is 0 Å². The third-order valence-corrected chi connectivity index (χ3v) is 4.99. The molecule has 0 spiro atoms. The predicted octanol–water partition coefficient (Wildman–Crippen LogP) is 1.64. The molecule has 0 saturated heterocycles. The van der Waals surface area contributed by atoms with E-state index in [0.29, 0.717) is 32.8 Å². The summed E-state index contributed by atoms with van der Waals surface area (Å²) in [5, 5.41) is 0. The van der Waals surface area contributed by atoms with Gasteiger partial charge in [0.05, 0.1) is 26.3 Å². The summed E-state index contributed by atoms with van der Waals surface area (Å²) in [6, 6.07) is 13.9. The molecule has 7 nitrogen and oxygen atoms in total. The van der Waals surface area contributed by atoms with E-state index in [2.05, 4.69) is 12.1 Å². The maximum absolute atomic E-state index is 13.2. The van der Waals surface area contributed by atoms with Crippen LogP contribution in [0.15, 0.2) is 46.9 Å². The summed E-state index contributed by atoms with van der Waals surface area (Å²) in [4.78, 5) is 28.0. The van der Waals surface area contributed by atoms with E-state index in [1.54, 1.807) is 14.0 Å². The molecule has 0 aliphatic rings. The highest BCUT2D eigenvalue weighted by Gasteiger charge is 2.23. The standard InChI is InChI=1S/C24H34N2O5/c1-4-30-24(28)19-25(14-8-16-29-3)18-23(27)26(17-22-12-11-20(2)31-22)15-13-21-9-6-5-7-10-21/h5-7,9-12H,4,8,13-19H2,1-3H3/p+1. The highest BCUT2D eigenvalue weighted by atomic mass is 16.5. The normalized spacial score (nSPS) is 11.8. The minimum absolute atomic E-state index is 0.0123. The van der Waals surface area contributed by atoms with Crippen molar-refractivity contribution in [2.75, 3.05) is 46.5 Å². The molecule has 1 amide bonds. The van der Waals surface area contributed by atoms with Crippen LogP contribution >= 0.6 is 0 Å². The summed E-state index contributed by atoms with van der Waals surface area (Å²) >= 11 is 0. The van der Waals surface area contributed by atoms with E-state index in [0.717, 1.165) is 29.3 Å². The van der Waals surface area contributed by atoms with Gasteiger partial charge in [-0.3, -0.25) is 4.79 Å². The van der Waals surface area contributed by atoms with Crippen LogP contribution in [0.5, 0.6) is 0 Å². The number of esters is 1. The Bertz CT molecular complexity index is 790. The fourth-order valence-corrected chi connectivity index (χ4v) is 3.41. The second kappa shape index (κ2) is 13.6. The average molecular weight is 432 g/mol. The van der Waals surface area contributed by atoms with Crippen molar-refractivity contribution in [3.63, 3.8) is 0 Å². The highest BCUT2D eigenvalue weighted by Crippen LogP contribution is 2.11. The number of methoxy groups -OCH3 is 1. The molecule has 31 heavy (non-hydrogen) atoms. The van der Waals surface area contributed by atoms with Crippen molar-refractivity contribution in [3.05, 3.63) is 59.5 Å². The molecular formula is C24H35N2O5+. The zero-order valence-electron chi connectivity index (χ0n) is 18.9. The second-order valence-corrected chi connectivity index (χ2v) is 7.57. The zero-order chi connectivity index (χ0) is 22.5. The lowest BCUT2D eigenvalue weighted by Gasteiger charge is -2.25. The molecule has 1 unspecified atom stereocenters. The van der Waals surface area contributed by atoms with E-state index in [1.165, 1.54) is 5.56 Å². The quantitative estimate of drug-likeness (QED) is 0.364. The molecule has 0 saturated carbocycles. The summed E-state index contributed by atoms with van der Waals surface area (Å²) in [6.45, 7) is 6.61. The number of rotatable bonds is 14. The molecule has 0 aliphatic heterocycles. The molecule has 1 heterocycles. The number of nitrogens with one attached hydrogen (secondary N) is 1. The summed E-state index contributed by atoms with van der Waals surface area (Å²) in [5.41, 5.74) is 1.17. The number of nitrogens with zero attached hydrogens (tertiary/aromatic N) is 1. The van der Waals surface area contributed by atoms with Crippen LogP contribution in [0.25, 0.3) is 0 Å². The van der Waals surface area contributed by atoms with Crippen LogP contribution < -0.4 is 4.90 Å². The molecule has 1 aromatic carbocycles. The van der Waals surface area contributed by atoms with E-state index < -0.39 is 0 Å².